The fraction of sp³-hybridized carbons (Fsp3) is 0.611. The molecule has 0 spiro atoms. The lowest BCUT2D eigenvalue weighted by Crippen LogP contribution is -2.53. The van der Waals surface area contributed by atoms with E-state index in [1.165, 1.54) is 10.5 Å². The van der Waals surface area contributed by atoms with Crippen molar-refractivity contribution in [1.82, 2.24) is 9.80 Å². The predicted octanol–water partition coefficient (Wildman–Crippen LogP) is 2.65. The molecule has 2 atom stereocenters. The smallest absolute Gasteiger partial charge is 0.407 e. The van der Waals surface area contributed by atoms with Gasteiger partial charge < -0.3 is 15.1 Å². The third-order valence-electron chi connectivity index (χ3n) is 4.48. The first kappa shape index (κ1) is 17.8. The molecule has 0 bridgehead atoms. The van der Waals surface area contributed by atoms with Gasteiger partial charge >= 0.3 is 6.09 Å². The fourth-order valence-electron chi connectivity index (χ4n) is 3.13. The standard InChI is InChI=1S/C18H28N2O3/c1-18(2,3)20(17(22)23)13-15-12-19(10-9-16(15)21)11-14-7-5-4-6-8-14/h4-8,15-16,21H,9-13H2,1-3H3,(H,22,23). The van der Waals surface area contributed by atoms with Crippen LogP contribution >= 0.6 is 0 Å². The minimum absolute atomic E-state index is 0.0530. The molecule has 0 radical (unpaired) electrons. The van der Waals surface area contributed by atoms with Gasteiger partial charge in [-0.3, -0.25) is 4.90 Å². The van der Waals surface area contributed by atoms with Crippen LogP contribution in [0.15, 0.2) is 30.3 Å². The summed E-state index contributed by atoms with van der Waals surface area (Å²) in [5.74, 6) is -0.0530. The van der Waals surface area contributed by atoms with E-state index in [2.05, 4.69) is 17.0 Å². The van der Waals surface area contributed by atoms with Crippen molar-refractivity contribution in [3.8, 4) is 0 Å². The summed E-state index contributed by atoms with van der Waals surface area (Å²) in [6.07, 6.45) is -0.675. The SMILES string of the molecule is CC(C)(C)N(CC1CN(Cc2ccccc2)CCC1O)C(=O)O. The molecular formula is C18H28N2O3. The lowest BCUT2D eigenvalue weighted by molar-refractivity contribution is -0.00407. The van der Waals surface area contributed by atoms with Crippen LogP contribution in [-0.2, 0) is 6.54 Å². The summed E-state index contributed by atoms with van der Waals surface area (Å²) in [6.45, 7) is 8.43. The molecule has 23 heavy (non-hydrogen) atoms. The van der Waals surface area contributed by atoms with Gasteiger partial charge in [-0.1, -0.05) is 30.3 Å². The number of likely N-dealkylation sites (tertiary alicyclic amines) is 1. The minimum Gasteiger partial charge on any atom is -0.465 e. The zero-order chi connectivity index (χ0) is 17.0. The number of nitrogens with zero attached hydrogens (tertiary/aromatic N) is 2. The van der Waals surface area contributed by atoms with Gasteiger partial charge in [0.25, 0.3) is 0 Å². The molecule has 2 unspecified atom stereocenters. The number of aliphatic hydroxyl groups excluding tert-OH is 1. The summed E-state index contributed by atoms with van der Waals surface area (Å²) in [5.41, 5.74) is 0.779. The van der Waals surface area contributed by atoms with E-state index in [-0.39, 0.29) is 5.92 Å². The van der Waals surface area contributed by atoms with E-state index in [1.807, 2.05) is 39.0 Å². The molecule has 0 saturated carbocycles. The van der Waals surface area contributed by atoms with Gasteiger partial charge in [0.2, 0.25) is 0 Å². The van der Waals surface area contributed by atoms with Crippen LogP contribution in [0.5, 0.6) is 0 Å². The van der Waals surface area contributed by atoms with Crippen molar-refractivity contribution < 1.29 is 15.0 Å². The zero-order valence-corrected chi connectivity index (χ0v) is 14.3. The molecule has 1 heterocycles. The average molecular weight is 320 g/mol. The molecule has 1 aliphatic rings. The van der Waals surface area contributed by atoms with Crippen molar-refractivity contribution in [1.29, 1.82) is 0 Å². The third kappa shape index (κ3) is 4.94. The number of hydrogen-bond acceptors (Lipinski definition) is 3. The van der Waals surface area contributed by atoms with E-state index >= 15 is 0 Å². The summed E-state index contributed by atoms with van der Waals surface area (Å²) < 4.78 is 0. The van der Waals surface area contributed by atoms with Crippen LogP contribution in [0.25, 0.3) is 0 Å². The summed E-state index contributed by atoms with van der Waals surface area (Å²) in [5, 5.41) is 19.8. The number of carbonyl (C=O) groups is 1. The maximum atomic E-state index is 11.5. The van der Waals surface area contributed by atoms with Crippen molar-refractivity contribution >= 4 is 6.09 Å². The minimum atomic E-state index is -0.926. The van der Waals surface area contributed by atoms with Gasteiger partial charge in [-0.25, -0.2) is 4.79 Å². The monoisotopic (exact) mass is 320 g/mol. The molecule has 1 saturated heterocycles. The maximum Gasteiger partial charge on any atom is 0.407 e. The Hall–Kier alpha value is -1.59. The lowest BCUT2D eigenvalue weighted by atomic mass is 9.92. The van der Waals surface area contributed by atoms with Crippen molar-refractivity contribution in [3.05, 3.63) is 35.9 Å². The summed E-state index contributed by atoms with van der Waals surface area (Å²) >= 11 is 0. The van der Waals surface area contributed by atoms with Crippen LogP contribution in [0, 0.1) is 5.92 Å². The average Bonchev–Trinajstić information content (AvgIpc) is 2.47. The Kier molecular flexibility index (Phi) is 5.65. The summed E-state index contributed by atoms with van der Waals surface area (Å²) in [6, 6.07) is 10.2. The first-order valence-corrected chi connectivity index (χ1v) is 8.22. The Morgan fingerprint density at radius 3 is 2.52 bits per heavy atom. The van der Waals surface area contributed by atoms with Crippen LogP contribution in [0.2, 0.25) is 0 Å². The number of amides is 1. The van der Waals surface area contributed by atoms with Gasteiger partial charge in [0.15, 0.2) is 0 Å². The lowest BCUT2D eigenvalue weighted by Gasteiger charge is -2.41. The molecule has 0 aromatic heterocycles. The number of carboxylic acid groups (broad SMARTS) is 1. The zero-order valence-electron chi connectivity index (χ0n) is 14.3. The first-order valence-electron chi connectivity index (χ1n) is 8.22. The number of aliphatic hydroxyl groups is 1. The Balaban J connectivity index is 2.01. The second-order valence-electron chi connectivity index (χ2n) is 7.40. The van der Waals surface area contributed by atoms with E-state index in [1.54, 1.807) is 0 Å². The quantitative estimate of drug-likeness (QED) is 0.895. The Morgan fingerprint density at radius 2 is 1.96 bits per heavy atom. The Bertz CT molecular complexity index is 513. The molecule has 5 nitrogen and oxygen atoms in total. The highest BCUT2D eigenvalue weighted by Crippen LogP contribution is 2.23. The molecule has 1 fully saturated rings. The van der Waals surface area contributed by atoms with Gasteiger partial charge in [0.1, 0.15) is 0 Å². The molecular weight excluding hydrogens is 292 g/mol. The van der Waals surface area contributed by atoms with Crippen molar-refractivity contribution in [3.63, 3.8) is 0 Å². The van der Waals surface area contributed by atoms with Crippen LogP contribution in [0.4, 0.5) is 4.79 Å². The highest BCUT2D eigenvalue weighted by molar-refractivity contribution is 5.66. The number of hydrogen-bond donors (Lipinski definition) is 2. The molecule has 0 aliphatic carbocycles. The molecule has 5 heteroatoms. The first-order chi connectivity index (χ1) is 10.8. The van der Waals surface area contributed by atoms with E-state index in [0.29, 0.717) is 13.0 Å². The van der Waals surface area contributed by atoms with Crippen LogP contribution in [-0.4, -0.2) is 57.4 Å². The van der Waals surface area contributed by atoms with E-state index in [4.69, 9.17) is 0 Å². The van der Waals surface area contributed by atoms with Gasteiger partial charge in [0, 0.05) is 37.6 Å². The largest absolute Gasteiger partial charge is 0.465 e. The van der Waals surface area contributed by atoms with Crippen LogP contribution in [0.1, 0.15) is 32.8 Å². The van der Waals surface area contributed by atoms with E-state index in [9.17, 15) is 15.0 Å². The predicted molar refractivity (Wildman–Crippen MR) is 90.3 cm³/mol. The topological polar surface area (TPSA) is 64.0 Å². The maximum absolute atomic E-state index is 11.5. The van der Waals surface area contributed by atoms with Gasteiger partial charge in [-0.05, 0) is 32.8 Å². The normalized spacial score (nSPS) is 22.8. The molecule has 2 rings (SSSR count). The Morgan fingerprint density at radius 1 is 1.30 bits per heavy atom. The van der Waals surface area contributed by atoms with Crippen LogP contribution < -0.4 is 0 Å². The molecule has 1 amide bonds. The van der Waals surface area contributed by atoms with Crippen molar-refractivity contribution in [2.75, 3.05) is 19.6 Å². The second kappa shape index (κ2) is 7.32. The van der Waals surface area contributed by atoms with E-state index < -0.39 is 17.7 Å². The molecule has 2 N–H and O–H groups in total. The molecule has 1 aromatic rings. The van der Waals surface area contributed by atoms with Gasteiger partial charge in [0.05, 0.1) is 6.10 Å². The van der Waals surface area contributed by atoms with Gasteiger partial charge in [-0.2, -0.15) is 0 Å². The van der Waals surface area contributed by atoms with Crippen molar-refractivity contribution in [2.45, 2.75) is 45.4 Å². The number of benzene rings is 1. The second-order valence-corrected chi connectivity index (χ2v) is 7.40. The third-order valence-corrected chi connectivity index (χ3v) is 4.48. The van der Waals surface area contributed by atoms with Crippen molar-refractivity contribution in [2.24, 2.45) is 5.92 Å². The molecule has 128 valence electrons. The molecule has 1 aromatic carbocycles. The summed E-state index contributed by atoms with van der Waals surface area (Å²) in [4.78, 5) is 15.3. The number of piperidine rings is 1. The fourth-order valence-corrected chi connectivity index (χ4v) is 3.13. The van der Waals surface area contributed by atoms with E-state index in [0.717, 1.165) is 19.6 Å². The Labute approximate surface area is 138 Å². The number of rotatable bonds is 4. The summed E-state index contributed by atoms with van der Waals surface area (Å²) in [7, 11) is 0. The highest BCUT2D eigenvalue weighted by Gasteiger charge is 2.34. The highest BCUT2D eigenvalue weighted by atomic mass is 16.4. The van der Waals surface area contributed by atoms with Crippen LogP contribution in [0.3, 0.4) is 0 Å². The molecule has 1 aliphatic heterocycles. The van der Waals surface area contributed by atoms with Gasteiger partial charge in [-0.15, -0.1) is 0 Å².